The lowest BCUT2D eigenvalue weighted by atomic mass is 9.91. The largest absolute Gasteiger partial charge is 0.399 e. The van der Waals surface area contributed by atoms with Crippen molar-refractivity contribution < 1.29 is 0 Å². The minimum atomic E-state index is 0.408. The molecule has 1 aromatic carbocycles. The molecule has 0 radical (unpaired) electrons. The molecule has 0 amide bonds. The first-order valence-corrected chi connectivity index (χ1v) is 6.59. The molecule has 0 saturated heterocycles. The number of hydrogen-bond donors (Lipinski definition) is 1. The number of nitrogens with zero attached hydrogens (tertiary/aromatic N) is 1. The number of benzene rings is 1. The van der Waals surface area contributed by atoms with E-state index in [4.69, 9.17) is 5.73 Å². The molecule has 1 aliphatic rings. The molecule has 0 spiro atoms. The van der Waals surface area contributed by atoms with Gasteiger partial charge in [0.1, 0.15) is 0 Å². The van der Waals surface area contributed by atoms with Gasteiger partial charge in [0.05, 0.1) is 0 Å². The predicted molar refractivity (Wildman–Crippen MR) is 75.5 cm³/mol. The summed E-state index contributed by atoms with van der Waals surface area (Å²) < 4.78 is 0. The summed E-state index contributed by atoms with van der Waals surface area (Å²) in [5.74, 6) is 0. The van der Waals surface area contributed by atoms with Crippen LogP contribution in [-0.2, 0) is 6.42 Å². The van der Waals surface area contributed by atoms with Crippen LogP contribution in [0.25, 0.3) is 0 Å². The van der Waals surface area contributed by atoms with E-state index >= 15 is 0 Å². The molecule has 0 aliphatic carbocycles. The van der Waals surface area contributed by atoms with Gasteiger partial charge in [0.15, 0.2) is 0 Å². The first-order valence-electron chi connectivity index (χ1n) is 6.59. The van der Waals surface area contributed by atoms with Crippen molar-refractivity contribution in [2.24, 2.45) is 5.41 Å². The molecule has 1 aromatic rings. The van der Waals surface area contributed by atoms with E-state index in [0.717, 1.165) is 12.2 Å². The van der Waals surface area contributed by atoms with Gasteiger partial charge in [-0.05, 0) is 48.4 Å². The smallest absolute Gasteiger partial charge is 0.0400 e. The number of aryl methyl sites for hydroxylation is 1. The molecule has 2 nitrogen and oxygen atoms in total. The second kappa shape index (κ2) is 4.59. The van der Waals surface area contributed by atoms with Gasteiger partial charge >= 0.3 is 0 Å². The van der Waals surface area contributed by atoms with Crippen molar-refractivity contribution >= 4 is 11.4 Å². The Morgan fingerprint density at radius 3 is 2.76 bits per heavy atom. The molecule has 0 saturated carbocycles. The summed E-state index contributed by atoms with van der Waals surface area (Å²) in [5.41, 5.74) is 9.97. The van der Waals surface area contributed by atoms with E-state index in [9.17, 15) is 0 Å². The molecule has 0 fully saturated rings. The van der Waals surface area contributed by atoms with Gasteiger partial charge in [-0.2, -0.15) is 0 Å². The predicted octanol–water partition coefficient (Wildman–Crippen LogP) is 3.46. The second-order valence-corrected chi connectivity index (χ2v) is 6.29. The monoisotopic (exact) mass is 232 g/mol. The summed E-state index contributed by atoms with van der Waals surface area (Å²) in [5, 5.41) is 0. The van der Waals surface area contributed by atoms with Crippen molar-refractivity contribution in [1.82, 2.24) is 0 Å². The Hall–Kier alpha value is -1.18. The van der Waals surface area contributed by atoms with Crippen LogP contribution in [0.2, 0.25) is 0 Å². The highest BCUT2D eigenvalue weighted by atomic mass is 15.1. The molecule has 0 atom stereocenters. The van der Waals surface area contributed by atoms with E-state index in [1.54, 1.807) is 0 Å². The van der Waals surface area contributed by atoms with Crippen molar-refractivity contribution in [3.8, 4) is 0 Å². The van der Waals surface area contributed by atoms with Gasteiger partial charge in [-0.25, -0.2) is 0 Å². The first-order chi connectivity index (χ1) is 7.96. The minimum absolute atomic E-state index is 0.408. The molecule has 0 aromatic heterocycles. The highest BCUT2D eigenvalue weighted by molar-refractivity contribution is 5.61. The summed E-state index contributed by atoms with van der Waals surface area (Å²) >= 11 is 0. The molecular formula is C15H24N2. The van der Waals surface area contributed by atoms with Crippen molar-refractivity contribution in [1.29, 1.82) is 0 Å². The van der Waals surface area contributed by atoms with Gasteiger partial charge in [-0.3, -0.25) is 0 Å². The molecule has 17 heavy (non-hydrogen) atoms. The van der Waals surface area contributed by atoms with Crippen LogP contribution in [0.4, 0.5) is 11.4 Å². The fraction of sp³-hybridized carbons (Fsp3) is 0.600. The van der Waals surface area contributed by atoms with Crippen LogP contribution in [0.1, 0.15) is 39.2 Å². The van der Waals surface area contributed by atoms with Gasteiger partial charge < -0.3 is 10.6 Å². The Bertz CT molecular complexity index is 390. The van der Waals surface area contributed by atoms with E-state index in [0.29, 0.717) is 5.41 Å². The second-order valence-electron chi connectivity index (χ2n) is 6.29. The summed E-state index contributed by atoms with van der Waals surface area (Å²) in [7, 11) is 0. The molecule has 2 heteroatoms. The zero-order valence-corrected chi connectivity index (χ0v) is 11.3. The van der Waals surface area contributed by atoms with Crippen molar-refractivity contribution in [3.63, 3.8) is 0 Å². The quantitative estimate of drug-likeness (QED) is 0.791. The number of hydrogen-bond acceptors (Lipinski definition) is 2. The Labute approximate surface area is 105 Å². The van der Waals surface area contributed by atoms with E-state index < -0.39 is 0 Å². The summed E-state index contributed by atoms with van der Waals surface area (Å²) in [6.45, 7) is 9.26. The third-order valence-electron chi connectivity index (χ3n) is 3.45. The lowest BCUT2D eigenvalue weighted by Crippen LogP contribution is -2.32. The average Bonchev–Trinajstić information content (AvgIpc) is 2.24. The number of rotatable bonds is 2. The van der Waals surface area contributed by atoms with Crippen molar-refractivity contribution in [3.05, 3.63) is 23.8 Å². The maximum Gasteiger partial charge on any atom is 0.0400 e. The molecular weight excluding hydrogens is 208 g/mol. The van der Waals surface area contributed by atoms with Crippen LogP contribution in [0.5, 0.6) is 0 Å². The number of anilines is 2. The zero-order chi connectivity index (χ0) is 12.5. The van der Waals surface area contributed by atoms with Crippen molar-refractivity contribution in [2.45, 2.75) is 40.0 Å². The highest BCUT2D eigenvalue weighted by Gasteiger charge is 2.19. The van der Waals surface area contributed by atoms with Crippen LogP contribution < -0.4 is 10.6 Å². The standard InChI is InChI=1S/C15H24N2/c1-15(2,3)8-10-17-9-4-5-12-11-13(16)6-7-14(12)17/h6-7,11H,4-5,8-10,16H2,1-3H3. The van der Waals surface area contributed by atoms with Crippen LogP contribution in [0.3, 0.4) is 0 Å². The van der Waals surface area contributed by atoms with E-state index in [1.807, 2.05) is 6.07 Å². The fourth-order valence-electron chi connectivity index (χ4n) is 2.40. The van der Waals surface area contributed by atoms with Crippen LogP contribution in [0.15, 0.2) is 18.2 Å². The van der Waals surface area contributed by atoms with Crippen LogP contribution >= 0.6 is 0 Å². The van der Waals surface area contributed by atoms with Crippen molar-refractivity contribution in [2.75, 3.05) is 23.7 Å². The summed E-state index contributed by atoms with van der Waals surface area (Å²) in [4.78, 5) is 2.52. The topological polar surface area (TPSA) is 29.3 Å². The SMILES string of the molecule is CC(C)(C)CCN1CCCc2cc(N)ccc21. The number of nitrogens with two attached hydrogens (primary N) is 1. The third kappa shape index (κ3) is 3.15. The Morgan fingerprint density at radius 1 is 1.29 bits per heavy atom. The molecule has 2 N–H and O–H groups in total. The zero-order valence-electron chi connectivity index (χ0n) is 11.3. The van der Waals surface area contributed by atoms with E-state index in [1.165, 1.54) is 37.1 Å². The van der Waals surface area contributed by atoms with Gasteiger partial charge in [0.2, 0.25) is 0 Å². The van der Waals surface area contributed by atoms with Gasteiger partial charge in [0, 0.05) is 24.5 Å². The lowest BCUT2D eigenvalue weighted by Gasteiger charge is -2.33. The van der Waals surface area contributed by atoms with E-state index in [2.05, 4.69) is 37.8 Å². The lowest BCUT2D eigenvalue weighted by molar-refractivity contribution is 0.377. The Balaban J connectivity index is 2.12. The molecule has 2 rings (SSSR count). The first kappa shape index (κ1) is 12.3. The van der Waals surface area contributed by atoms with Gasteiger partial charge in [-0.15, -0.1) is 0 Å². The van der Waals surface area contributed by atoms with Crippen LogP contribution in [-0.4, -0.2) is 13.1 Å². The molecule has 1 heterocycles. The fourth-order valence-corrected chi connectivity index (χ4v) is 2.40. The maximum absolute atomic E-state index is 5.85. The summed E-state index contributed by atoms with van der Waals surface area (Å²) in [6.07, 6.45) is 3.66. The Kier molecular flexibility index (Phi) is 3.32. The molecule has 94 valence electrons. The minimum Gasteiger partial charge on any atom is -0.399 e. The third-order valence-corrected chi connectivity index (χ3v) is 3.45. The number of nitrogen functional groups attached to an aromatic ring is 1. The Morgan fingerprint density at radius 2 is 2.06 bits per heavy atom. The molecule has 1 aliphatic heterocycles. The van der Waals surface area contributed by atoms with Gasteiger partial charge in [-0.1, -0.05) is 20.8 Å². The molecule has 0 bridgehead atoms. The normalized spacial score (nSPS) is 15.8. The van der Waals surface area contributed by atoms with Crippen LogP contribution in [0, 0.1) is 5.41 Å². The van der Waals surface area contributed by atoms with Gasteiger partial charge in [0.25, 0.3) is 0 Å². The van der Waals surface area contributed by atoms with E-state index in [-0.39, 0.29) is 0 Å². The molecule has 0 unspecified atom stereocenters. The maximum atomic E-state index is 5.85. The summed E-state index contributed by atoms with van der Waals surface area (Å²) in [6, 6.07) is 6.35. The highest BCUT2D eigenvalue weighted by Crippen LogP contribution is 2.30. The average molecular weight is 232 g/mol. The number of fused-ring (bicyclic) bond motifs is 1.